The molecule has 6 nitrogen and oxygen atoms in total. The van der Waals surface area contributed by atoms with E-state index in [4.69, 9.17) is 14.2 Å². The highest BCUT2D eigenvalue weighted by molar-refractivity contribution is 7.10. The van der Waals surface area contributed by atoms with Gasteiger partial charge in [0.25, 0.3) is 0 Å². The Morgan fingerprint density at radius 3 is 2.61 bits per heavy atom. The molecule has 33 heavy (non-hydrogen) atoms. The first kappa shape index (κ1) is 23.1. The van der Waals surface area contributed by atoms with Crippen LogP contribution in [0, 0.1) is 0 Å². The Hall–Kier alpha value is -3.06. The van der Waals surface area contributed by atoms with Crippen LogP contribution in [0.5, 0.6) is 11.5 Å². The summed E-state index contributed by atoms with van der Waals surface area (Å²) in [4.78, 5) is 27.9. The highest BCUT2D eigenvalue weighted by Gasteiger charge is 2.41. The van der Waals surface area contributed by atoms with Crippen molar-refractivity contribution in [3.8, 4) is 11.5 Å². The number of esters is 1. The normalized spacial score (nSPS) is 20.3. The highest BCUT2D eigenvalue weighted by Crippen LogP contribution is 2.47. The van der Waals surface area contributed by atoms with Crippen LogP contribution in [0.15, 0.2) is 58.3 Å². The summed E-state index contributed by atoms with van der Waals surface area (Å²) in [6.07, 6.45) is 1.86. The number of carbonyl (C=O) groups excluding carboxylic acids is 2. The Labute approximate surface area is 198 Å². The molecule has 0 spiro atoms. The summed E-state index contributed by atoms with van der Waals surface area (Å²) in [6, 6.07) is 9.64. The third-order valence-corrected chi connectivity index (χ3v) is 7.21. The maximum Gasteiger partial charge on any atom is 0.336 e. The number of rotatable bonds is 7. The van der Waals surface area contributed by atoms with Gasteiger partial charge in [-0.25, -0.2) is 4.79 Å². The van der Waals surface area contributed by atoms with E-state index in [9.17, 15) is 9.59 Å². The molecule has 1 aromatic heterocycles. The molecule has 2 unspecified atom stereocenters. The molecule has 1 aliphatic heterocycles. The molecule has 1 aliphatic carbocycles. The maximum absolute atomic E-state index is 13.6. The van der Waals surface area contributed by atoms with E-state index in [1.807, 2.05) is 43.5 Å². The van der Waals surface area contributed by atoms with Gasteiger partial charge in [-0.15, -0.1) is 11.3 Å². The molecule has 4 rings (SSSR count). The molecular weight excluding hydrogens is 438 g/mol. The van der Waals surface area contributed by atoms with E-state index in [2.05, 4.69) is 11.4 Å². The number of thiophene rings is 1. The molecule has 0 saturated carbocycles. The van der Waals surface area contributed by atoms with Crippen LogP contribution in [0.2, 0.25) is 0 Å². The van der Waals surface area contributed by atoms with E-state index < -0.39 is 11.9 Å². The highest BCUT2D eigenvalue weighted by atomic mass is 32.1. The van der Waals surface area contributed by atoms with Gasteiger partial charge in [0, 0.05) is 40.1 Å². The van der Waals surface area contributed by atoms with Crippen molar-refractivity contribution in [1.29, 1.82) is 0 Å². The van der Waals surface area contributed by atoms with Crippen LogP contribution in [-0.2, 0) is 14.3 Å². The number of Topliss-reactive ketones (excluding diaryl/α,β-unsaturated/α-hetero) is 1. The van der Waals surface area contributed by atoms with Crippen LogP contribution >= 0.6 is 11.3 Å². The van der Waals surface area contributed by atoms with Gasteiger partial charge in [0.1, 0.15) is 0 Å². The van der Waals surface area contributed by atoms with Gasteiger partial charge in [0.05, 0.1) is 26.4 Å². The molecular formula is C26H29NO5S. The van der Waals surface area contributed by atoms with Crippen molar-refractivity contribution < 1.29 is 23.8 Å². The van der Waals surface area contributed by atoms with Crippen LogP contribution in [-0.4, -0.2) is 32.6 Å². The average Bonchev–Trinajstić information content (AvgIpc) is 3.36. The Balaban J connectivity index is 1.82. The van der Waals surface area contributed by atoms with Crippen LogP contribution in [0.3, 0.4) is 0 Å². The van der Waals surface area contributed by atoms with E-state index >= 15 is 0 Å². The van der Waals surface area contributed by atoms with Crippen molar-refractivity contribution in [3.05, 3.63) is 68.7 Å². The summed E-state index contributed by atoms with van der Waals surface area (Å²) < 4.78 is 16.4. The second-order valence-corrected chi connectivity index (χ2v) is 9.26. The molecule has 0 saturated heterocycles. The quantitative estimate of drug-likeness (QED) is 0.573. The maximum atomic E-state index is 13.6. The molecule has 0 bridgehead atoms. The standard InChI is InChI=1S/C26H29NO5S/c1-5-10-32-26(29)23-15(2)27-18-12-17(22-7-6-11-33-22)13-19(28)25(18)24(23)16-8-9-20(30-3)21(14-16)31-4/h6-9,11,14,17,24,27H,5,10,12-13H2,1-4H3. The van der Waals surface area contributed by atoms with Crippen molar-refractivity contribution >= 4 is 23.1 Å². The van der Waals surface area contributed by atoms with Gasteiger partial charge in [-0.3, -0.25) is 4.79 Å². The molecule has 2 atom stereocenters. The lowest BCUT2D eigenvalue weighted by Gasteiger charge is -2.36. The summed E-state index contributed by atoms with van der Waals surface area (Å²) in [5, 5.41) is 5.42. The average molecular weight is 468 g/mol. The molecule has 7 heteroatoms. The zero-order valence-electron chi connectivity index (χ0n) is 19.4. The fraction of sp³-hybridized carbons (Fsp3) is 0.385. The van der Waals surface area contributed by atoms with E-state index in [0.717, 1.165) is 24.1 Å². The number of hydrogen-bond acceptors (Lipinski definition) is 7. The van der Waals surface area contributed by atoms with Crippen molar-refractivity contribution in [3.63, 3.8) is 0 Å². The molecule has 1 aromatic carbocycles. The van der Waals surface area contributed by atoms with E-state index in [1.165, 1.54) is 4.88 Å². The fourth-order valence-corrected chi connectivity index (χ4v) is 5.50. The molecule has 2 aliphatic rings. The van der Waals surface area contributed by atoms with Gasteiger partial charge < -0.3 is 19.5 Å². The predicted octanol–water partition coefficient (Wildman–Crippen LogP) is 5.08. The smallest absolute Gasteiger partial charge is 0.336 e. The minimum Gasteiger partial charge on any atom is -0.493 e. The van der Waals surface area contributed by atoms with Gasteiger partial charge in [-0.2, -0.15) is 0 Å². The summed E-state index contributed by atoms with van der Waals surface area (Å²) in [6.45, 7) is 4.16. The number of nitrogens with one attached hydrogen (secondary N) is 1. The van der Waals surface area contributed by atoms with Crippen molar-refractivity contribution in [2.24, 2.45) is 0 Å². The van der Waals surface area contributed by atoms with Crippen LogP contribution in [0.25, 0.3) is 0 Å². The van der Waals surface area contributed by atoms with Crippen molar-refractivity contribution in [2.45, 2.75) is 44.9 Å². The zero-order chi connectivity index (χ0) is 23.5. The number of ether oxygens (including phenoxy) is 3. The van der Waals surface area contributed by atoms with Gasteiger partial charge in [0.15, 0.2) is 17.3 Å². The van der Waals surface area contributed by atoms with E-state index in [0.29, 0.717) is 41.4 Å². The topological polar surface area (TPSA) is 73.9 Å². The fourth-order valence-electron chi connectivity index (χ4n) is 4.67. The first-order chi connectivity index (χ1) is 16.0. The molecule has 174 valence electrons. The SMILES string of the molecule is CCCOC(=O)C1=C(C)NC2=C(C(=O)CC(c3cccs3)C2)C1c1ccc(OC)c(OC)c1. The van der Waals surface area contributed by atoms with Crippen LogP contribution in [0.1, 0.15) is 55.4 Å². The Morgan fingerprint density at radius 1 is 1.15 bits per heavy atom. The molecule has 0 amide bonds. The van der Waals surface area contributed by atoms with Gasteiger partial charge in [-0.1, -0.05) is 19.1 Å². The van der Waals surface area contributed by atoms with Crippen LogP contribution < -0.4 is 14.8 Å². The minimum atomic E-state index is -0.526. The first-order valence-electron chi connectivity index (χ1n) is 11.1. The lowest BCUT2D eigenvalue weighted by Crippen LogP contribution is -2.36. The Morgan fingerprint density at radius 2 is 1.94 bits per heavy atom. The Kier molecular flexibility index (Phi) is 6.88. The van der Waals surface area contributed by atoms with E-state index in [-0.39, 0.29) is 11.7 Å². The zero-order valence-corrected chi connectivity index (χ0v) is 20.2. The molecule has 0 radical (unpaired) electrons. The van der Waals surface area contributed by atoms with Crippen molar-refractivity contribution in [1.82, 2.24) is 5.32 Å². The van der Waals surface area contributed by atoms with Gasteiger partial charge in [0.2, 0.25) is 0 Å². The Bertz CT molecular complexity index is 1120. The minimum absolute atomic E-state index is 0.0511. The number of dihydropyridines is 1. The lowest BCUT2D eigenvalue weighted by atomic mass is 9.72. The summed E-state index contributed by atoms with van der Waals surface area (Å²) in [5.41, 5.74) is 3.51. The summed E-state index contributed by atoms with van der Waals surface area (Å²) in [5.74, 6) is 0.400. The predicted molar refractivity (Wildman–Crippen MR) is 128 cm³/mol. The number of hydrogen-bond donors (Lipinski definition) is 1. The van der Waals surface area contributed by atoms with E-state index in [1.54, 1.807) is 25.6 Å². The molecule has 2 aromatic rings. The third kappa shape index (κ3) is 4.42. The van der Waals surface area contributed by atoms with Gasteiger partial charge in [-0.05, 0) is 48.9 Å². The number of methoxy groups -OCH3 is 2. The second kappa shape index (κ2) is 9.83. The monoisotopic (exact) mass is 467 g/mol. The van der Waals surface area contributed by atoms with Gasteiger partial charge >= 0.3 is 5.97 Å². The first-order valence-corrected chi connectivity index (χ1v) is 12.0. The van der Waals surface area contributed by atoms with Crippen LogP contribution in [0.4, 0.5) is 0 Å². The van der Waals surface area contributed by atoms with Crippen molar-refractivity contribution in [2.75, 3.05) is 20.8 Å². The summed E-state index contributed by atoms with van der Waals surface area (Å²) in [7, 11) is 3.15. The lowest BCUT2D eigenvalue weighted by molar-refractivity contribution is -0.139. The number of allylic oxidation sites excluding steroid dienone is 3. The molecule has 2 heterocycles. The number of carbonyl (C=O) groups is 2. The summed E-state index contributed by atoms with van der Waals surface area (Å²) >= 11 is 1.67. The third-order valence-electron chi connectivity index (χ3n) is 6.17. The number of ketones is 1. The largest absolute Gasteiger partial charge is 0.493 e. The second-order valence-electron chi connectivity index (χ2n) is 8.28. The number of benzene rings is 1. The molecule has 0 fully saturated rings. The molecule has 1 N–H and O–H groups in total.